The van der Waals surface area contributed by atoms with Gasteiger partial charge in [0.05, 0.1) is 12.7 Å². The van der Waals surface area contributed by atoms with Gasteiger partial charge in [0, 0.05) is 6.20 Å². The summed E-state index contributed by atoms with van der Waals surface area (Å²) in [6.45, 7) is 1.64. The van der Waals surface area contributed by atoms with E-state index < -0.39 is 0 Å². The zero-order chi connectivity index (χ0) is 11.0. The van der Waals surface area contributed by atoms with Crippen molar-refractivity contribution in [1.82, 2.24) is 9.38 Å². The highest BCUT2D eigenvalue weighted by atomic mass is 35.5. The minimum absolute atomic E-state index is 0.177. The van der Waals surface area contributed by atoms with Gasteiger partial charge >= 0.3 is 0 Å². The fourth-order valence-electron chi connectivity index (χ4n) is 1.36. The van der Waals surface area contributed by atoms with Crippen LogP contribution in [0.4, 0.5) is 0 Å². The maximum absolute atomic E-state index is 11.8. The van der Waals surface area contributed by atoms with Gasteiger partial charge in [-0.25, -0.2) is 4.98 Å². The third-order valence-corrected chi connectivity index (χ3v) is 2.57. The van der Waals surface area contributed by atoms with E-state index in [2.05, 4.69) is 4.98 Å². The molecule has 0 unspecified atom stereocenters. The van der Waals surface area contributed by atoms with Crippen LogP contribution in [0.25, 0.3) is 5.65 Å². The zero-order valence-corrected chi connectivity index (χ0v) is 9.08. The molecule has 15 heavy (non-hydrogen) atoms. The average Bonchev–Trinajstić information content (AvgIpc) is 2.25. The van der Waals surface area contributed by atoms with Gasteiger partial charge in [0.15, 0.2) is 11.4 Å². The minimum atomic E-state index is -0.177. The molecule has 0 aliphatic rings. The number of rotatable bonds is 1. The second kappa shape index (κ2) is 3.55. The van der Waals surface area contributed by atoms with Crippen LogP contribution in [-0.2, 0) is 0 Å². The Bertz CT molecular complexity index is 577. The summed E-state index contributed by atoms with van der Waals surface area (Å²) in [7, 11) is 1.52. The Balaban J connectivity index is 2.98. The summed E-state index contributed by atoms with van der Waals surface area (Å²) in [6, 6.07) is 3.45. The number of pyridine rings is 1. The predicted octanol–water partition coefficient (Wildman–Crippen LogP) is 1.66. The summed E-state index contributed by atoms with van der Waals surface area (Å²) < 4.78 is 6.51. The van der Waals surface area contributed by atoms with Crippen molar-refractivity contribution in [1.29, 1.82) is 0 Å². The molecule has 0 saturated carbocycles. The van der Waals surface area contributed by atoms with Crippen LogP contribution >= 0.6 is 11.6 Å². The summed E-state index contributed by atoms with van der Waals surface area (Å²) in [5, 5.41) is 0.213. The summed E-state index contributed by atoms with van der Waals surface area (Å²) >= 11 is 5.84. The van der Waals surface area contributed by atoms with E-state index in [9.17, 15) is 4.79 Å². The normalized spacial score (nSPS) is 10.6. The highest BCUT2D eigenvalue weighted by molar-refractivity contribution is 6.30. The molecular formula is C10H9ClN2O2. The number of methoxy groups -OCH3 is 1. The molecule has 0 saturated heterocycles. The molecule has 78 valence electrons. The molecular weight excluding hydrogens is 216 g/mol. The lowest BCUT2D eigenvalue weighted by atomic mass is 10.3. The lowest BCUT2D eigenvalue weighted by Crippen LogP contribution is -2.18. The number of nitrogens with zero attached hydrogens (tertiary/aromatic N) is 2. The number of halogens is 1. The van der Waals surface area contributed by atoms with E-state index in [1.54, 1.807) is 25.3 Å². The molecule has 4 nitrogen and oxygen atoms in total. The maximum Gasteiger partial charge on any atom is 0.262 e. The first-order valence-electron chi connectivity index (χ1n) is 4.36. The summed E-state index contributed by atoms with van der Waals surface area (Å²) in [5.74, 6) is 0.525. The van der Waals surface area contributed by atoms with Gasteiger partial charge in [0.25, 0.3) is 5.56 Å². The standard InChI is InChI=1S/C10H9ClN2O2/c1-6-8(11)12-9-7(15-2)4-3-5-13(9)10(6)14/h3-5H,1-2H3. The molecule has 0 aliphatic carbocycles. The minimum Gasteiger partial charge on any atom is -0.493 e. The SMILES string of the molecule is COc1cccn2c(=O)c(C)c(Cl)nc12. The molecule has 0 N–H and O–H groups in total. The van der Waals surface area contributed by atoms with E-state index in [1.807, 2.05) is 0 Å². The van der Waals surface area contributed by atoms with Crippen LogP contribution in [0.5, 0.6) is 5.75 Å². The van der Waals surface area contributed by atoms with E-state index in [1.165, 1.54) is 11.5 Å². The second-order valence-electron chi connectivity index (χ2n) is 3.10. The molecule has 2 heterocycles. The first-order chi connectivity index (χ1) is 7.15. The van der Waals surface area contributed by atoms with Crippen LogP contribution < -0.4 is 10.3 Å². The summed E-state index contributed by atoms with van der Waals surface area (Å²) in [4.78, 5) is 15.9. The molecule has 0 fully saturated rings. The molecule has 0 aromatic carbocycles. The Hall–Kier alpha value is -1.55. The molecule has 0 atom stereocenters. The third kappa shape index (κ3) is 1.47. The lowest BCUT2D eigenvalue weighted by molar-refractivity contribution is 0.416. The van der Waals surface area contributed by atoms with Crippen LogP contribution in [-0.4, -0.2) is 16.5 Å². The van der Waals surface area contributed by atoms with Crippen LogP contribution in [0.3, 0.4) is 0 Å². The van der Waals surface area contributed by atoms with Gasteiger partial charge in [-0.1, -0.05) is 11.6 Å². The van der Waals surface area contributed by atoms with Crippen LogP contribution in [0.1, 0.15) is 5.56 Å². The maximum atomic E-state index is 11.8. The molecule has 0 aliphatic heterocycles. The smallest absolute Gasteiger partial charge is 0.262 e. The van der Waals surface area contributed by atoms with Crippen LogP contribution in [0.2, 0.25) is 5.15 Å². The summed E-state index contributed by atoms with van der Waals surface area (Å²) in [5.41, 5.74) is 0.687. The Labute approximate surface area is 91.1 Å². The van der Waals surface area contributed by atoms with Crippen molar-refractivity contribution in [2.75, 3.05) is 7.11 Å². The highest BCUT2D eigenvalue weighted by Gasteiger charge is 2.09. The molecule has 5 heteroatoms. The number of fused-ring (bicyclic) bond motifs is 1. The quantitative estimate of drug-likeness (QED) is 0.692. The van der Waals surface area contributed by atoms with Crippen molar-refractivity contribution in [3.05, 3.63) is 39.4 Å². The molecule has 2 rings (SSSR count). The Morgan fingerprint density at radius 2 is 2.27 bits per heavy atom. The summed E-state index contributed by atoms with van der Waals surface area (Å²) in [6.07, 6.45) is 1.64. The fraction of sp³-hybridized carbons (Fsp3) is 0.200. The first kappa shape index (κ1) is 9.98. The Morgan fingerprint density at radius 1 is 1.53 bits per heavy atom. The van der Waals surface area contributed by atoms with E-state index in [0.717, 1.165) is 0 Å². The topological polar surface area (TPSA) is 43.6 Å². The van der Waals surface area contributed by atoms with E-state index >= 15 is 0 Å². The predicted molar refractivity (Wildman–Crippen MR) is 57.8 cm³/mol. The van der Waals surface area contributed by atoms with Crippen LogP contribution in [0, 0.1) is 6.92 Å². The first-order valence-corrected chi connectivity index (χ1v) is 4.74. The third-order valence-electron chi connectivity index (χ3n) is 2.20. The van der Waals surface area contributed by atoms with Gasteiger partial charge < -0.3 is 4.74 Å². The second-order valence-corrected chi connectivity index (χ2v) is 3.46. The van der Waals surface area contributed by atoms with Gasteiger partial charge in [0.1, 0.15) is 5.15 Å². The van der Waals surface area contributed by atoms with Gasteiger partial charge in [0.2, 0.25) is 0 Å². The van der Waals surface area contributed by atoms with Crippen molar-refractivity contribution in [3.63, 3.8) is 0 Å². The van der Waals surface area contributed by atoms with Gasteiger partial charge in [-0.2, -0.15) is 0 Å². The molecule has 0 spiro atoms. The van der Waals surface area contributed by atoms with Gasteiger partial charge in [-0.3, -0.25) is 9.20 Å². The highest BCUT2D eigenvalue weighted by Crippen LogP contribution is 2.18. The van der Waals surface area contributed by atoms with Crippen LogP contribution in [0.15, 0.2) is 23.1 Å². The molecule has 2 aromatic rings. The van der Waals surface area contributed by atoms with Gasteiger partial charge in [-0.15, -0.1) is 0 Å². The van der Waals surface area contributed by atoms with Crippen molar-refractivity contribution >= 4 is 17.2 Å². The van der Waals surface area contributed by atoms with Crippen molar-refractivity contribution < 1.29 is 4.74 Å². The number of hydrogen-bond donors (Lipinski definition) is 0. The molecule has 0 amide bonds. The zero-order valence-electron chi connectivity index (χ0n) is 8.32. The van der Waals surface area contributed by atoms with E-state index in [4.69, 9.17) is 16.3 Å². The largest absolute Gasteiger partial charge is 0.493 e. The Kier molecular flexibility index (Phi) is 2.36. The van der Waals surface area contributed by atoms with E-state index in [0.29, 0.717) is 17.0 Å². The number of aromatic nitrogens is 2. The number of ether oxygens (including phenoxy) is 1. The molecule has 2 aromatic heterocycles. The molecule has 0 bridgehead atoms. The average molecular weight is 225 g/mol. The molecule has 0 radical (unpaired) electrons. The number of hydrogen-bond acceptors (Lipinski definition) is 3. The van der Waals surface area contributed by atoms with Crippen molar-refractivity contribution in [2.24, 2.45) is 0 Å². The van der Waals surface area contributed by atoms with E-state index in [-0.39, 0.29) is 10.7 Å². The van der Waals surface area contributed by atoms with Gasteiger partial charge in [-0.05, 0) is 19.1 Å². The van der Waals surface area contributed by atoms with Crippen molar-refractivity contribution in [2.45, 2.75) is 6.92 Å². The fourth-order valence-corrected chi connectivity index (χ4v) is 1.52. The monoisotopic (exact) mass is 224 g/mol. The Morgan fingerprint density at radius 3 is 2.93 bits per heavy atom. The van der Waals surface area contributed by atoms with Crippen molar-refractivity contribution in [3.8, 4) is 5.75 Å². The lowest BCUT2D eigenvalue weighted by Gasteiger charge is -2.06.